The van der Waals surface area contributed by atoms with Gasteiger partial charge in [0, 0.05) is 31.2 Å². The number of pyridine rings is 1. The lowest BCUT2D eigenvalue weighted by Crippen LogP contribution is -2.26. The van der Waals surface area contributed by atoms with Crippen LogP contribution in [0.1, 0.15) is 18.1 Å². The van der Waals surface area contributed by atoms with Crippen LogP contribution in [0.4, 0.5) is 40.8 Å². The Morgan fingerprint density at radius 1 is 1.02 bits per heavy atom. The van der Waals surface area contributed by atoms with Crippen molar-refractivity contribution in [1.82, 2.24) is 24.7 Å². The number of halogens is 8. The number of allylic oxidation sites excluding steroid dienone is 1. The van der Waals surface area contributed by atoms with Crippen molar-refractivity contribution in [2.75, 3.05) is 5.32 Å². The van der Waals surface area contributed by atoms with Crippen molar-refractivity contribution in [2.24, 2.45) is 0 Å². The summed E-state index contributed by atoms with van der Waals surface area (Å²) >= 11 is 0. The van der Waals surface area contributed by atoms with Crippen molar-refractivity contribution in [2.45, 2.75) is 31.9 Å². The van der Waals surface area contributed by atoms with Crippen LogP contribution >= 0.6 is 0 Å². The van der Waals surface area contributed by atoms with Crippen LogP contribution in [0.3, 0.4) is 0 Å². The van der Waals surface area contributed by atoms with E-state index in [-0.39, 0.29) is 11.9 Å². The van der Waals surface area contributed by atoms with Gasteiger partial charge in [0.2, 0.25) is 0 Å². The first kappa shape index (κ1) is 28.4. The molecule has 0 aliphatic heterocycles. The lowest BCUT2D eigenvalue weighted by atomic mass is 10.1. The van der Waals surface area contributed by atoms with Crippen molar-refractivity contribution < 1.29 is 35.1 Å². The molecule has 4 rings (SSSR count). The summed E-state index contributed by atoms with van der Waals surface area (Å²) in [7, 11) is 0. The average Bonchev–Trinajstić information content (AvgIpc) is 2.86. The number of hydrogen-bond acceptors (Lipinski definition) is 6. The van der Waals surface area contributed by atoms with Crippen LogP contribution in [0.25, 0.3) is 22.2 Å². The fourth-order valence-corrected chi connectivity index (χ4v) is 3.76. The Hall–Kier alpha value is -4.63. The third kappa shape index (κ3) is 5.69. The van der Waals surface area contributed by atoms with Crippen LogP contribution in [-0.4, -0.2) is 30.8 Å². The lowest BCUT2D eigenvalue weighted by molar-refractivity contribution is -0.139. The first-order valence-electron chi connectivity index (χ1n) is 11.2. The van der Waals surface area contributed by atoms with Gasteiger partial charge in [0.1, 0.15) is 5.56 Å². The van der Waals surface area contributed by atoms with E-state index < -0.39 is 74.7 Å². The van der Waals surface area contributed by atoms with Crippen molar-refractivity contribution in [1.29, 1.82) is 0 Å². The number of nitrogens with zero attached hydrogens (tertiary/aromatic N) is 4. The molecule has 3 aromatic heterocycles. The number of aromatic nitrogens is 5. The van der Waals surface area contributed by atoms with Gasteiger partial charge in [-0.1, -0.05) is 12.2 Å². The molecule has 0 aliphatic rings. The first-order valence-corrected chi connectivity index (χ1v) is 11.2. The fraction of sp³-hybridized carbons (Fsp3) is 0.208. The van der Waals surface area contributed by atoms with Gasteiger partial charge in [-0.15, -0.1) is 0 Å². The molecule has 40 heavy (non-hydrogen) atoms. The Bertz CT molecular complexity index is 1710. The van der Waals surface area contributed by atoms with Crippen molar-refractivity contribution >= 4 is 16.5 Å². The summed E-state index contributed by atoms with van der Waals surface area (Å²) < 4.78 is 109. The zero-order valence-electron chi connectivity index (χ0n) is 20.0. The molecule has 0 bridgehead atoms. The minimum absolute atomic E-state index is 0.0702. The van der Waals surface area contributed by atoms with Gasteiger partial charge in [0.15, 0.2) is 17.5 Å². The number of hydrogen-bond donors (Lipinski definition) is 2. The van der Waals surface area contributed by atoms with Crippen molar-refractivity contribution in [3.8, 4) is 11.4 Å². The predicted molar refractivity (Wildman–Crippen MR) is 126 cm³/mol. The number of fused-ring (bicyclic) bond motifs is 1. The van der Waals surface area contributed by atoms with Gasteiger partial charge in [0.25, 0.3) is 11.1 Å². The molecule has 0 fully saturated rings. The van der Waals surface area contributed by atoms with Gasteiger partial charge in [-0.25, -0.2) is 23.8 Å². The first-order chi connectivity index (χ1) is 18.7. The largest absolute Gasteiger partial charge is 0.423 e. The van der Waals surface area contributed by atoms with E-state index in [1.807, 2.05) is 0 Å². The fourth-order valence-electron chi connectivity index (χ4n) is 3.76. The normalized spacial score (nSPS) is 13.2. The van der Waals surface area contributed by atoms with E-state index >= 15 is 0 Å². The molecule has 0 saturated heterocycles. The number of anilines is 1. The predicted octanol–water partition coefficient (Wildman–Crippen LogP) is 4.91. The second-order valence-electron chi connectivity index (χ2n) is 8.43. The van der Waals surface area contributed by atoms with Crippen molar-refractivity contribution in [3.63, 3.8) is 0 Å². The maximum atomic E-state index is 14.9. The molecule has 0 aliphatic carbocycles. The minimum Gasteiger partial charge on any atom is -0.377 e. The molecule has 0 spiro atoms. The van der Waals surface area contributed by atoms with E-state index in [2.05, 4.69) is 20.4 Å². The zero-order valence-corrected chi connectivity index (χ0v) is 20.0. The summed E-state index contributed by atoms with van der Waals surface area (Å²) in [6.45, 7) is 1.27. The molecule has 2 N–H and O–H groups in total. The van der Waals surface area contributed by atoms with Gasteiger partial charge in [-0.2, -0.15) is 31.4 Å². The molecule has 0 saturated carbocycles. The Morgan fingerprint density at radius 3 is 2.33 bits per heavy atom. The third-order valence-electron chi connectivity index (χ3n) is 5.62. The lowest BCUT2D eigenvalue weighted by Gasteiger charge is -2.15. The summed E-state index contributed by atoms with van der Waals surface area (Å²) in [6.07, 6.45) is -4.06. The molecule has 210 valence electrons. The van der Waals surface area contributed by atoms with E-state index in [0.717, 1.165) is 16.8 Å². The van der Waals surface area contributed by atoms with Crippen LogP contribution in [0, 0.1) is 11.6 Å². The van der Waals surface area contributed by atoms with E-state index in [1.165, 1.54) is 31.3 Å². The van der Waals surface area contributed by atoms with E-state index in [0.29, 0.717) is 12.4 Å². The average molecular weight is 572 g/mol. The van der Waals surface area contributed by atoms with Crippen LogP contribution in [0.2, 0.25) is 0 Å². The molecule has 0 amide bonds. The number of alkyl halides is 6. The Kier molecular flexibility index (Phi) is 7.45. The molecule has 4 aromatic rings. The quantitative estimate of drug-likeness (QED) is 0.251. The molecular formula is C24H16F8N6O2. The number of aromatic amines is 1. The Balaban J connectivity index is 1.58. The summed E-state index contributed by atoms with van der Waals surface area (Å²) in [5.74, 6) is -3.62. The van der Waals surface area contributed by atoms with E-state index in [9.17, 15) is 44.7 Å². The van der Waals surface area contributed by atoms with Crippen LogP contribution in [-0.2, 0) is 18.9 Å². The molecule has 0 radical (unpaired) electrons. The summed E-state index contributed by atoms with van der Waals surface area (Å²) in [5.41, 5.74) is -6.15. The Labute approximate surface area is 218 Å². The highest BCUT2D eigenvalue weighted by molar-refractivity contribution is 5.86. The SMILES string of the molecule is CC(/C=C/Cn1ccc2cc(-c3ncc(C(F)(F)F)cn3)c(F)c(F)c2c1=O)Nc1cn[nH]c(=O)c1C(F)(F)F. The van der Waals surface area contributed by atoms with E-state index in [4.69, 9.17) is 0 Å². The molecule has 1 aromatic carbocycles. The molecular weight excluding hydrogens is 556 g/mol. The standard InChI is InChI=1S/C24H16F8N6O2/c1-11(36-15-10-35-37-21(39)17(15)24(30,31)32)3-2-5-38-6-4-12-7-14(18(25)19(26)16(12)22(38)40)20-33-8-13(9-34-20)23(27,28)29/h2-4,6-11H,5H2,1H3,(H2,36,37,39)/b3-2+. The maximum Gasteiger partial charge on any atom is 0.423 e. The highest BCUT2D eigenvalue weighted by atomic mass is 19.4. The number of nitrogens with one attached hydrogen (secondary N) is 2. The van der Waals surface area contributed by atoms with Crippen LogP contribution in [0.5, 0.6) is 0 Å². The minimum atomic E-state index is -4.95. The highest BCUT2D eigenvalue weighted by Crippen LogP contribution is 2.32. The number of benzene rings is 1. The molecule has 3 heterocycles. The molecule has 16 heteroatoms. The monoisotopic (exact) mass is 572 g/mol. The van der Waals surface area contributed by atoms with Gasteiger partial charge in [0.05, 0.1) is 28.4 Å². The molecule has 8 nitrogen and oxygen atoms in total. The highest BCUT2D eigenvalue weighted by Gasteiger charge is 2.37. The topological polar surface area (TPSA) is 106 Å². The number of rotatable bonds is 6. The number of H-pyrrole nitrogens is 1. The summed E-state index contributed by atoms with van der Waals surface area (Å²) in [4.78, 5) is 31.3. The molecule has 1 unspecified atom stereocenters. The van der Waals surface area contributed by atoms with Crippen LogP contribution < -0.4 is 16.4 Å². The Morgan fingerprint density at radius 2 is 1.70 bits per heavy atom. The summed E-state index contributed by atoms with van der Waals surface area (Å²) in [6, 6.07) is 1.51. The third-order valence-corrected chi connectivity index (χ3v) is 5.62. The van der Waals surface area contributed by atoms with Gasteiger partial charge in [-0.3, -0.25) is 9.59 Å². The van der Waals surface area contributed by atoms with E-state index in [1.54, 1.807) is 5.10 Å². The van der Waals surface area contributed by atoms with Gasteiger partial charge >= 0.3 is 12.4 Å². The second kappa shape index (κ2) is 10.5. The second-order valence-corrected chi connectivity index (χ2v) is 8.43. The smallest absolute Gasteiger partial charge is 0.377 e. The zero-order chi connectivity index (χ0) is 29.4. The van der Waals surface area contributed by atoms with Gasteiger partial charge < -0.3 is 9.88 Å². The summed E-state index contributed by atoms with van der Waals surface area (Å²) in [5, 5.41) is 6.82. The molecule has 1 atom stereocenters. The maximum absolute atomic E-state index is 14.9. The van der Waals surface area contributed by atoms with Crippen molar-refractivity contribution in [3.05, 3.63) is 92.5 Å². The van der Waals surface area contributed by atoms with Crippen LogP contribution in [0.15, 0.2) is 58.7 Å². The van der Waals surface area contributed by atoms with Gasteiger partial charge in [-0.05, 0) is 24.4 Å².